The minimum atomic E-state index is -0.548. The average molecular weight is 676 g/mol. The zero-order valence-electron chi connectivity index (χ0n) is 28.9. The van der Waals surface area contributed by atoms with E-state index in [-0.39, 0.29) is 0 Å². The van der Waals surface area contributed by atoms with Crippen LogP contribution in [0.3, 0.4) is 0 Å². The number of para-hydroxylation sites is 2. The summed E-state index contributed by atoms with van der Waals surface area (Å²) in [5.41, 5.74) is 12.5. The van der Waals surface area contributed by atoms with Gasteiger partial charge in [-0.1, -0.05) is 158 Å². The van der Waals surface area contributed by atoms with Gasteiger partial charge in [0.25, 0.3) is 0 Å². The highest BCUT2D eigenvalue weighted by Crippen LogP contribution is 2.64. The summed E-state index contributed by atoms with van der Waals surface area (Å²) in [6, 6.07) is 72.7. The van der Waals surface area contributed by atoms with E-state index >= 15 is 0 Å². The molecule has 0 atom stereocenters. The van der Waals surface area contributed by atoms with Gasteiger partial charge in [-0.3, -0.25) is 0 Å². The van der Waals surface area contributed by atoms with Crippen LogP contribution in [0, 0.1) is 0 Å². The van der Waals surface area contributed by atoms with Crippen molar-refractivity contribution in [2.45, 2.75) is 5.41 Å². The van der Waals surface area contributed by atoms with Crippen molar-refractivity contribution in [1.29, 1.82) is 0 Å². The highest BCUT2D eigenvalue weighted by molar-refractivity contribution is 6.09. The lowest BCUT2D eigenvalue weighted by Crippen LogP contribution is -2.32. The van der Waals surface area contributed by atoms with Crippen LogP contribution in [0.25, 0.3) is 43.8 Å². The van der Waals surface area contributed by atoms with Crippen LogP contribution in [0.15, 0.2) is 200 Å². The van der Waals surface area contributed by atoms with Crippen molar-refractivity contribution >= 4 is 38.6 Å². The molecule has 1 heterocycles. The molecule has 0 N–H and O–H groups in total. The molecule has 248 valence electrons. The molecular weight excluding hydrogens is 643 g/mol. The van der Waals surface area contributed by atoms with Crippen LogP contribution in [0.5, 0.6) is 11.5 Å². The molecule has 0 saturated carbocycles. The molecule has 0 saturated heterocycles. The summed E-state index contributed by atoms with van der Waals surface area (Å²) in [4.78, 5) is 2.47. The summed E-state index contributed by atoms with van der Waals surface area (Å²) in [5, 5.41) is 4.98. The van der Waals surface area contributed by atoms with E-state index in [1.165, 1.54) is 54.9 Å². The third kappa shape index (κ3) is 4.33. The predicted molar refractivity (Wildman–Crippen MR) is 219 cm³/mol. The first kappa shape index (κ1) is 29.8. The van der Waals surface area contributed by atoms with Crippen LogP contribution in [0.1, 0.15) is 22.3 Å². The fourth-order valence-corrected chi connectivity index (χ4v) is 9.09. The number of ether oxygens (including phenoxy) is 1. The number of hydrogen-bond acceptors (Lipinski definition) is 2. The van der Waals surface area contributed by atoms with Gasteiger partial charge in [-0.2, -0.15) is 0 Å². The Morgan fingerprint density at radius 1 is 0.377 bits per heavy atom. The van der Waals surface area contributed by atoms with Crippen molar-refractivity contribution in [2.24, 2.45) is 0 Å². The fourth-order valence-electron chi connectivity index (χ4n) is 9.09. The first-order valence-corrected chi connectivity index (χ1v) is 18.3. The van der Waals surface area contributed by atoms with Gasteiger partial charge < -0.3 is 9.64 Å². The van der Waals surface area contributed by atoms with E-state index in [1.807, 2.05) is 0 Å². The Kier molecular flexibility index (Phi) is 6.50. The summed E-state index contributed by atoms with van der Waals surface area (Å²) in [6.45, 7) is 0. The molecule has 0 amide bonds. The third-order valence-corrected chi connectivity index (χ3v) is 11.3. The molecule has 2 aliphatic rings. The maximum atomic E-state index is 6.63. The molecule has 9 aromatic carbocycles. The first-order valence-electron chi connectivity index (χ1n) is 18.3. The number of rotatable bonds is 4. The zero-order valence-corrected chi connectivity index (χ0v) is 28.9. The van der Waals surface area contributed by atoms with Crippen molar-refractivity contribution < 1.29 is 4.74 Å². The van der Waals surface area contributed by atoms with Crippen molar-refractivity contribution in [3.63, 3.8) is 0 Å². The van der Waals surface area contributed by atoms with Crippen molar-refractivity contribution in [2.75, 3.05) is 4.90 Å². The van der Waals surface area contributed by atoms with Gasteiger partial charge >= 0.3 is 0 Å². The number of benzene rings is 9. The molecule has 2 nitrogen and oxygen atoms in total. The molecule has 0 bridgehead atoms. The van der Waals surface area contributed by atoms with Gasteiger partial charge in [0.2, 0.25) is 0 Å². The highest BCUT2D eigenvalue weighted by Gasteiger charge is 2.51. The van der Waals surface area contributed by atoms with E-state index in [0.29, 0.717) is 0 Å². The van der Waals surface area contributed by atoms with Crippen molar-refractivity contribution in [3.05, 3.63) is 222 Å². The number of fused-ring (bicyclic) bond motifs is 12. The largest absolute Gasteiger partial charge is 0.457 e. The van der Waals surface area contributed by atoms with E-state index in [2.05, 4.69) is 205 Å². The molecule has 9 aromatic rings. The topological polar surface area (TPSA) is 12.5 Å². The predicted octanol–water partition coefficient (Wildman–Crippen LogP) is 13.6. The molecule has 1 aliphatic carbocycles. The Morgan fingerprint density at radius 3 is 1.81 bits per heavy atom. The summed E-state index contributed by atoms with van der Waals surface area (Å²) >= 11 is 0. The zero-order chi connectivity index (χ0) is 34.9. The highest BCUT2D eigenvalue weighted by atomic mass is 16.5. The molecule has 1 spiro atoms. The monoisotopic (exact) mass is 675 g/mol. The van der Waals surface area contributed by atoms with Crippen LogP contribution < -0.4 is 9.64 Å². The summed E-state index contributed by atoms with van der Waals surface area (Å²) < 4.78 is 6.63. The van der Waals surface area contributed by atoms with Gasteiger partial charge in [0.05, 0.1) is 11.1 Å². The summed E-state index contributed by atoms with van der Waals surface area (Å²) in [6.07, 6.45) is 0. The van der Waals surface area contributed by atoms with Gasteiger partial charge in [-0.15, -0.1) is 0 Å². The lowest BCUT2D eigenvalue weighted by atomic mass is 9.66. The lowest BCUT2D eigenvalue weighted by Gasteiger charge is -2.39. The van der Waals surface area contributed by atoms with Gasteiger partial charge in [-0.05, 0) is 91.8 Å². The second-order valence-electron chi connectivity index (χ2n) is 14.0. The number of nitrogens with zero attached hydrogens (tertiary/aromatic N) is 1. The van der Waals surface area contributed by atoms with E-state index in [1.54, 1.807) is 0 Å². The fraction of sp³-hybridized carbons (Fsp3) is 0.0196. The molecule has 0 radical (unpaired) electrons. The first-order chi connectivity index (χ1) is 26.3. The molecule has 2 heteroatoms. The minimum Gasteiger partial charge on any atom is -0.457 e. The van der Waals surface area contributed by atoms with E-state index in [0.717, 1.165) is 39.7 Å². The van der Waals surface area contributed by atoms with Crippen LogP contribution in [0.4, 0.5) is 17.1 Å². The van der Waals surface area contributed by atoms with Crippen molar-refractivity contribution in [3.8, 4) is 33.8 Å². The van der Waals surface area contributed by atoms with Gasteiger partial charge in [0.1, 0.15) is 11.5 Å². The molecular formula is C51H33NO. The molecule has 0 fully saturated rings. The number of hydrogen-bond donors (Lipinski definition) is 0. The molecule has 0 aromatic heterocycles. The Hall–Kier alpha value is -6.90. The lowest BCUT2D eigenvalue weighted by molar-refractivity contribution is 0.436. The Balaban J connectivity index is 1.22. The van der Waals surface area contributed by atoms with Gasteiger partial charge in [0.15, 0.2) is 0 Å². The van der Waals surface area contributed by atoms with Crippen molar-refractivity contribution in [1.82, 2.24) is 0 Å². The maximum absolute atomic E-state index is 6.63. The molecule has 1 aliphatic heterocycles. The average Bonchev–Trinajstić information content (AvgIpc) is 3.52. The smallest absolute Gasteiger partial charge is 0.132 e. The minimum absolute atomic E-state index is 0.548. The summed E-state index contributed by atoms with van der Waals surface area (Å²) in [5.74, 6) is 1.79. The normalized spacial score (nSPS) is 13.2. The quantitative estimate of drug-likeness (QED) is 0.172. The SMILES string of the molecule is c1ccc(-c2cccc(N(c3ccc4c(ccc5ccccc54)c3)c3cccc4c3-c3ccccc3C43c4ccccc4Oc4ccccc43)c2)cc1. The van der Waals surface area contributed by atoms with E-state index in [4.69, 9.17) is 4.74 Å². The molecule has 53 heavy (non-hydrogen) atoms. The van der Waals surface area contributed by atoms with Crippen LogP contribution in [-0.2, 0) is 5.41 Å². The molecule has 11 rings (SSSR count). The van der Waals surface area contributed by atoms with Crippen LogP contribution in [0.2, 0.25) is 0 Å². The van der Waals surface area contributed by atoms with E-state index in [9.17, 15) is 0 Å². The maximum Gasteiger partial charge on any atom is 0.132 e. The van der Waals surface area contributed by atoms with Gasteiger partial charge in [-0.25, -0.2) is 0 Å². The van der Waals surface area contributed by atoms with Crippen LogP contribution >= 0.6 is 0 Å². The number of anilines is 3. The Morgan fingerprint density at radius 2 is 0.981 bits per heavy atom. The van der Waals surface area contributed by atoms with E-state index < -0.39 is 5.41 Å². The second kappa shape index (κ2) is 11.6. The third-order valence-electron chi connectivity index (χ3n) is 11.3. The van der Waals surface area contributed by atoms with Crippen LogP contribution in [-0.4, -0.2) is 0 Å². The Bertz CT molecular complexity index is 2840. The standard InChI is InChI=1S/C51H33NO/c1-2-14-34(15-3-1)36-17-12-18-38(32-36)52(39-30-31-41-37(33-39)29-28-35-16-4-5-19-40(35)41)47-25-13-24-46-50(47)42-20-6-7-21-43(42)51(46)44-22-8-10-26-48(44)53-49-27-11-9-23-45(49)51/h1-33H. The van der Waals surface area contributed by atoms with Gasteiger partial charge in [0, 0.05) is 28.1 Å². The molecule has 0 unspecified atom stereocenters. The second-order valence-corrected chi connectivity index (χ2v) is 14.0. The Labute approximate surface area is 308 Å². The summed E-state index contributed by atoms with van der Waals surface area (Å²) in [7, 11) is 0.